The van der Waals surface area contributed by atoms with Crippen molar-refractivity contribution >= 4 is 33.2 Å². The van der Waals surface area contributed by atoms with E-state index in [4.69, 9.17) is 5.14 Å². The van der Waals surface area contributed by atoms with Gasteiger partial charge in [0.2, 0.25) is 21.8 Å². The SMILES string of the molecule is C[C@H](c1ccc(S(N)(=O)=O)cc1)N(CC(=O)Nc1ccc(F)cc1)CC(=O)Nc1ccc(F)cc1. The summed E-state index contributed by atoms with van der Waals surface area (Å²) in [4.78, 5) is 26.9. The minimum absolute atomic E-state index is 0.0666. The third-order valence-corrected chi connectivity index (χ3v) is 6.12. The van der Waals surface area contributed by atoms with Gasteiger partial charge in [0.15, 0.2) is 0 Å². The van der Waals surface area contributed by atoms with E-state index >= 15 is 0 Å². The molecule has 35 heavy (non-hydrogen) atoms. The van der Waals surface area contributed by atoms with Crippen molar-refractivity contribution in [3.05, 3.63) is 90.0 Å². The van der Waals surface area contributed by atoms with Crippen LogP contribution in [0.4, 0.5) is 20.2 Å². The zero-order valence-corrected chi connectivity index (χ0v) is 19.6. The van der Waals surface area contributed by atoms with Gasteiger partial charge in [-0.2, -0.15) is 0 Å². The van der Waals surface area contributed by atoms with Gasteiger partial charge >= 0.3 is 0 Å². The number of halogens is 2. The number of nitrogens with two attached hydrogens (primary N) is 1. The summed E-state index contributed by atoms with van der Waals surface area (Å²) in [6.45, 7) is 1.35. The molecule has 0 aromatic heterocycles. The Bertz CT molecular complexity index is 1220. The van der Waals surface area contributed by atoms with Gasteiger partial charge in [0, 0.05) is 17.4 Å². The van der Waals surface area contributed by atoms with Gasteiger partial charge in [0.05, 0.1) is 18.0 Å². The number of carbonyl (C=O) groups is 2. The second kappa shape index (κ2) is 11.2. The molecule has 0 heterocycles. The van der Waals surface area contributed by atoms with Crippen molar-refractivity contribution in [3.63, 3.8) is 0 Å². The maximum absolute atomic E-state index is 13.1. The maximum atomic E-state index is 13.1. The van der Waals surface area contributed by atoms with Crippen molar-refractivity contribution in [2.24, 2.45) is 5.14 Å². The molecule has 0 aliphatic carbocycles. The summed E-state index contributed by atoms with van der Waals surface area (Å²) in [7, 11) is -3.87. The number of anilines is 2. The van der Waals surface area contributed by atoms with Gasteiger partial charge in [-0.25, -0.2) is 22.3 Å². The first-order valence-corrected chi connectivity index (χ1v) is 12.0. The number of sulfonamides is 1. The lowest BCUT2D eigenvalue weighted by atomic mass is 10.1. The Morgan fingerprint density at radius 2 is 1.20 bits per heavy atom. The van der Waals surface area contributed by atoms with Crippen molar-refractivity contribution in [2.75, 3.05) is 23.7 Å². The monoisotopic (exact) mass is 502 g/mol. The Balaban J connectivity index is 1.77. The van der Waals surface area contributed by atoms with Crippen LogP contribution >= 0.6 is 0 Å². The molecule has 8 nitrogen and oxygen atoms in total. The number of amides is 2. The van der Waals surface area contributed by atoms with Gasteiger partial charge < -0.3 is 10.6 Å². The number of nitrogens with zero attached hydrogens (tertiary/aromatic N) is 1. The van der Waals surface area contributed by atoms with E-state index in [1.165, 1.54) is 60.7 Å². The van der Waals surface area contributed by atoms with E-state index in [9.17, 15) is 26.8 Å². The Labute approximate surface area is 201 Å². The van der Waals surface area contributed by atoms with Crippen molar-refractivity contribution in [2.45, 2.75) is 17.9 Å². The van der Waals surface area contributed by atoms with Crippen LogP contribution in [0.3, 0.4) is 0 Å². The lowest BCUT2D eigenvalue weighted by molar-refractivity contribution is -0.120. The quantitative estimate of drug-likeness (QED) is 0.415. The fourth-order valence-corrected chi connectivity index (χ4v) is 3.83. The summed E-state index contributed by atoms with van der Waals surface area (Å²) in [5.41, 5.74) is 1.41. The van der Waals surface area contributed by atoms with Crippen molar-refractivity contribution in [1.82, 2.24) is 4.90 Å². The molecule has 2 amide bonds. The molecule has 0 spiro atoms. The molecule has 0 aliphatic rings. The zero-order valence-electron chi connectivity index (χ0n) is 18.7. The molecule has 0 saturated carbocycles. The summed E-state index contributed by atoms with van der Waals surface area (Å²) < 4.78 is 49.4. The molecule has 0 unspecified atom stereocenters. The van der Waals surface area contributed by atoms with Crippen LogP contribution < -0.4 is 15.8 Å². The first kappa shape index (κ1) is 25.9. The summed E-state index contributed by atoms with van der Waals surface area (Å²) in [5.74, 6) is -1.78. The molecule has 1 atom stereocenters. The number of carbonyl (C=O) groups excluding carboxylic acids is 2. The smallest absolute Gasteiger partial charge is 0.238 e. The number of hydrogen-bond donors (Lipinski definition) is 3. The van der Waals surface area contributed by atoms with Crippen LogP contribution in [0.25, 0.3) is 0 Å². The second-order valence-corrected chi connectivity index (χ2v) is 9.37. The molecular weight excluding hydrogens is 478 g/mol. The van der Waals surface area contributed by atoms with E-state index in [0.29, 0.717) is 16.9 Å². The Hall–Kier alpha value is -3.67. The molecule has 0 radical (unpaired) electrons. The number of primary sulfonamides is 1. The summed E-state index contributed by atoms with van der Waals surface area (Å²) in [6.07, 6.45) is 0. The normalized spacial score (nSPS) is 12.3. The van der Waals surface area contributed by atoms with Crippen LogP contribution in [0.15, 0.2) is 77.7 Å². The first-order valence-electron chi connectivity index (χ1n) is 10.5. The topological polar surface area (TPSA) is 122 Å². The number of benzene rings is 3. The predicted molar refractivity (Wildman–Crippen MR) is 128 cm³/mol. The van der Waals surface area contributed by atoms with Crippen LogP contribution in [-0.2, 0) is 19.6 Å². The Morgan fingerprint density at radius 3 is 1.57 bits per heavy atom. The van der Waals surface area contributed by atoms with Crippen LogP contribution in [0.5, 0.6) is 0 Å². The van der Waals surface area contributed by atoms with Crippen molar-refractivity contribution in [1.29, 1.82) is 0 Å². The van der Waals surface area contributed by atoms with Crippen LogP contribution in [0, 0.1) is 11.6 Å². The fourth-order valence-electron chi connectivity index (χ4n) is 3.31. The molecule has 0 fully saturated rings. The van der Waals surface area contributed by atoms with Gasteiger partial charge in [-0.05, 0) is 73.2 Å². The van der Waals surface area contributed by atoms with Crippen LogP contribution in [-0.4, -0.2) is 38.2 Å². The maximum Gasteiger partial charge on any atom is 0.238 e. The standard InChI is InChI=1S/C24H24F2N4O4S/c1-16(17-2-12-22(13-3-17)35(27,33)34)30(14-23(31)28-20-8-4-18(25)5-9-20)15-24(32)29-21-10-6-19(26)7-11-21/h2-13,16H,14-15H2,1H3,(H,28,31)(H,29,32)(H2,27,33,34)/t16-/m1/s1. The summed E-state index contributed by atoms with van der Waals surface area (Å²) in [6, 6.07) is 15.8. The molecule has 0 bridgehead atoms. The molecular formula is C24H24F2N4O4S. The van der Waals surface area contributed by atoms with Crippen LogP contribution in [0.2, 0.25) is 0 Å². The van der Waals surface area contributed by atoms with Crippen LogP contribution in [0.1, 0.15) is 18.5 Å². The number of rotatable bonds is 9. The van der Waals surface area contributed by atoms with E-state index < -0.39 is 39.5 Å². The zero-order chi connectivity index (χ0) is 25.6. The van der Waals surface area contributed by atoms with E-state index in [0.717, 1.165) is 0 Å². The molecule has 11 heteroatoms. The van der Waals surface area contributed by atoms with Gasteiger partial charge in [0.1, 0.15) is 11.6 Å². The lowest BCUT2D eigenvalue weighted by Crippen LogP contribution is -2.40. The molecule has 4 N–H and O–H groups in total. The third kappa shape index (κ3) is 7.67. The molecule has 0 saturated heterocycles. The van der Waals surface area contributed by atoms with Crippen molar-refractivity contribution < 1.29 is 26.8 Å². The lowest BCUT2D eigenvalue weighted by Gasteiger charge is -2.28. The molecule has 184 valence electrons. The molecule has 3 aromatic rings. The minimum Gasteiger partial charge on any atom is -0.325 e. The highest BCUT2D eigenvalue weighted by molar-refractivity contribution is 7.89. The van der Waals surface area contributed by atoms with E-state index in [1.807, 2.05) is 0 Å². The first-order chi connectivity index (χ1) is 16.5. The average molecular weight is 503 g/mol. The van der Waals surface area contributed by atoms with Gasteiger partial charge in [-0.15, -0.1) is 0 Å². The Morgan fingerprint density at radius 1 is 0.800 bits per heavy atom. The average Bonchev–Trinajstić information content (AvgIpc) is 2.80. The van der Waals surface area contributed by atoms with Gasteiger partial charge in [-0.3, -0.25) is 14.5 Å². The molecule has 3 aromatic carbocycles. The van der Waals surface area contributed by atoms with E-state index in [2.05, 4.69) is 10.6 Å². The number of hydrogen-bond acceptors (Lipinski definition) is 5. The third-order valence-electron chi connectivity index (χ3n) is 5.19. The highest BCUT2D eigenvalue weighted by atomic mass is 32.2. The van der Waals surface area contributed by atoms with Gasteiger partial charge in [0.25, 0.3) is 0 Å². The van der Waals surface area contributed by atoms with E-state index in [-0.39, 0.29) is 18.0 Å². The number of nitrogens with one attached hydrogen (secondary N) is 2. The van der Waals surface area contributed by atoms with Gasteiger partial charge in [-0.1, -0.05) is 12.1 Å². The second-order valence-electron chi connectivity index (χ2n) is 7.81. The van der Waals surface area contributed by atoms with Crippen molar-refractivity contribution in [3.8, 4) is 0 Å². The fraction of sp³-hybridized carbons (Fsp3) is 0.167. The highest BCUT2D eigenvalue weighted by Gasteiger charge is 2.22. The Kier molecular flexibility index (Phi) is 8.28. The molecule has 3 rings (SSSR count). The van der Waals surface area contributed by atoms with E-state index in [1.54, 1.807) is 24.0 Å². The predicted octanol–water partition coefficient (Wildman–Crippen LogP) is 3.25. The summed E-state index contributed by atoms with van der Waals surface area (Å²) in [5, 5.41) is 10.4. The highest BCUT2D eigenvalue weighted by Crippen LogP contribution is 2.22. The summed E-state index contributed by atoms with van der Waals surface area (Å²) >= 11 is 0. The molecule has 0 aliphatic heterocycles. The minimum atomic E-state index is -3.87. The largest absolute Gasteiger partial charge is 0.325 e.